The third kappa shape index (κ3) is 4.56. The van der Waals surface area contributed by atoms with Crippen molar-refractivity contribution in [1.29, 1.82) is 0 Å². The van der Waals surface area contributed by atoms with Gasteiger partial charge in [-0.05, 0) is 90.8 Å². The van der Waals surface area contributed by atoms with E-state index in [1.807, 2.05) is 30.3 Å². The van der Waals surface area contributed by atoms with Gasteiger partial charge in [-0.1, -0.05) is 109 Å². The Kier molecular flexibility index (Phi) is 6.43. The van der Waals surface area contributed by atoms with Gasteiger partial charge < -0.3 is 18.3 Å². The minimum atomic E-state index is 0.845. The van der Waals surface area contributed by atoms with E-state index in [1.165, 1.54) is 38.6 Å². The van der Waals surface area contributed by atoms with E-state index in [4.69, 9.17) is 8.83 Å². The van der Waals surface area contributed by atoms with Crippen LogP contribution < -0.4 is 4.90 Å². The maximum absolute atomic E-state index is 6.63. The summed E-state index contributed by atoms with van der Waals surface area (Å²) in [6, 6.07) is 62.4. The van der Waals surface area contributed by atoms with Crippen molar-refractivity contribution in [3.63, 3.8) is 0 Å². The van der Waals surface area contributed by atoms with Gasteiger partial charge in [0.1, 0.15) is 16.7 Å². The molecule has 4 nitrogen and oxygen atoms in total. The first kappa shape index (κ1) is 29.7. The highest BCUT2D eigenvalue weighted by Crippen LogP contribution is 2.46. The molecule has 0 aliphatic heterocycles. The molecule has 4 heteroatoms. The normalized spacial score (nSPS) is 11.9. The van der Waals surface area contributed by atoms with Crippen molar-refractivity contribution in [2.75, 3.05) is 4.90 Å². The van der Waals surface area contributed by atoms with Gasteiger partial charge >= 0.3 is 0 Å². The van der Waals surface area contributed by atoms with Gasteiger partial charge in [0.2, 0.25) is 0 Å². The summed E-state index contributed by atoms with van der Waals surface area (Å²) in [5, 5.41) is 6.81. The molecule has 0 aliphatic carbocycles. The van der Waals surface area contributed by atoms with Crippen LogP contribution in [0, 0.1) is 6.92 Å². The molecule has 11 aromatic rings. The molecule has 250 valence electrons. The van der Waals surface area contributed by atoms with E-state index in [1.54, 1.807) is 0 Å². The quantitative estimate of drug-likeness (QED) is 0.181. The molecule has 0 amide bonds. The lowest BCUT2D eigenvalue weighted by Gasteiger charge is -2.26. The lowest BCUT2D eigenvalue weighted by atomic mass is 10.0. The second-order valence-electron chi connectivity index (χ2n) is 13.8. The summed E-state index contributed by atoms with van der Waals surface area (Å²) in [7, 11) is 0. The molecule has 53 heavy (non-hydrogen) atoms. The molecule has 3 heterocycles. The Balaban J connectivity index is 1.09. The van der Waals surface area contributed by atoms with E-state index in [9.17, 15) is 0 Å². The number of para-hydroxylation sites is 4. The van der Waals surface area contributed by atoms with E-state index in [2.05, 4.69) is 162 Å². The Morgan fingerprint density at radius 2 is 1.06 bits per heavy atom. The van der Waals surface area contributed by atoms with Crippen molar-refractivity contribution in [2.45, 2.75) is 6.92 Å². The summed E-state index contributed by atoms with van der Waals surface area (Å²) < 4.78 is 15.4. The number of benzene rings is 8. The van der Waals surface area contributed by atoms with Crippen LogP contribution in [0.3, 0.4) is 0 Å². The Morgan fingerprint density at radius 1 is 0.434 bits per heavy atom. The summed E-state index contributed by atoms with van der Waals surface area (Å²) in [5.41, 5.74) is 13.6. The number of hydrogen-bond acceptors (Lipinski definition) is 3. The van der Waals surface area contributed by atoms with Crippen LogP contribution in [-0.2, 0) is 0 Å². The highest BCUT2D eigenvalue weighted by atomic mass is 16.3. The number of hydrogen-bond donors (Lipinski definition) is 0. The molecule has 0 aliphatic rings. The highest BCUT2D eigenvalue weighted by Gasteiger charge is 2.23. The Morgan fingerprint density at radius 3 is 1.89 bits per heavy atom. The molecule has 0 unspecified atom stereocenters. The van der Waals surface area contributed by atoms with Gasteiger partial charge in [0.15, 0.2) is 5.58 Å². The fourth-order valence-electron chi connectivity index (χ4n) is 8.19. The fourth-order valence-corrected chi connectivity index (χ4v) is 8.19. The van der Waals surface area contributed by atoms with Gasteiger partial charge in [-0.25, -0.2) is 0 Å². The molecule has 0 saturated heterocycles. The minimum absolute atomic E-state index is 0.845. The molecular weight excluding hydrogens is 649 g/mol. The largest absolute Gasteiger partial charge is 0.456 e. The number of furan rings is 2. The van der Waals surface area contributed by atoms with Crippen LogP contribution in [0.1, 0.15) is 5.56 Å². The van der Waals surface area contributed by atoms with Crippen LogP contribution in [0.2, 0.25) is 0 Å². The van der Waals surface area contributed by atoms with Crippen LogP contribution in [0.15, 0.2) is 185 Å². The number of aryl methyl sites for hydroxylation is 1. The van der Waals surface area contributed by atoms with Crippen molar-refractivity contribution in [3.8, 4) is 16.8 Å². The summed E-state index contributed by atoms with van der Waals surface area (Å²) in [4.78, 5) is 2.32. The summed E-state index contributed by atoms with van der Waals surface area (Å²) >= 11 is 0. The van der Waals surface area contributed by atoms with E-state index < -0.39 is 0 Å². The minimum Gasteiger partial charge on any atom is -0.456 e. The van der Waals surface area contributed by atoms with Gasteiger partial charge in [0, 0.05) is 38.3 Å². The van der Waals surface area contributed by atoms with Crippen LogP contribution in [0.5, 0.6) is 0 Å². The molecule has 0 radical (unpaired) electrons. The monoisotopic (exact) mass is 680 g/mol. The molecule has 8 aromatic carbocycles. The lowest BCUT2D eigenvalue weighted by Crippen LogP contribution is -2.10. The number of fused-ring (bicyclic) bond motifs is 9. The average molecular weight is 681 g/mol. The fraction of sp³-hybridized carbons (Fsp3) is 0.0204. The smallest absolute Gasteiger partial charge is 0.159 e. The average Bonchev–Trinajstić information content (AvgIpc) is 3.89. The van der Waals surface area contributed by atoms with Gasteiger partial charge in [-0.2, -0.15) is 0 Å². The molecular formula is C49H32N2O2. The molecule has 0 saturated carbocycles. The van der Waals surface area contributed by atoms with Gasteiger partial charge in [0.05, 0.1) is 27.8 Å². The van der Waals surface area contributed by atoms with E-state index >= 15 is 0 Å². The van der Waals surface area contributed by atoms with Gasteiger partial charge in [0.25, 0.3) is 0 Å². The van der Waals surface area contributed by atoms with Crippen molar-refractivity contribution in [1.82, 2.24) is 4.57 Å². The first-order chi connectivity index (χ1) is 26.2. The van der Waals surface area contributed by atoms with Crippen LogP contribution >= 0.6 is 0 Å². The van der Waals surface area contributed by atoms with Crippen molar-refractivity contribution in [3.05, 3.63) is 181 Å². The van der Waals surface area contributed by atoms with Crippen molar-refractivity contribution in [2.24, 2.45) is 0 Å². The third-order valence-electron chi connectivity index (χ3n) is 10.7. The summed E-state index contributed by atoms with van der Waals surface area (Å²) in [6.07, 6.45) is 0. The summed E-state index contributed by atoms with van der Waals surface area (Å²) in [5.74, 6) is 0. The zero-order valence-corrected chi connectivity index (χ0v) is 29.0. The number of aromatic nitrogens is 1. The zero-order valence-electron chi connectivity index (χ0n) is 29.0. The van der Waals surface area contributed by atoms with E-state index in [0.717, 1.165) is 66.5 Å². The Bertz CT molecular complexity index is 3180. The van der Waals surface area contributed by atoms with Crippen LogP contribution in [-0.4, -0.2) is 4.57 Å². The first-order valence-electron chi connectivity index (χ1n) is 18.0. The predicted octanol–water partition coefficient (Wildman–Crippen LogP) is 14.0. The van der Waals surface area contributed by atoms with Crippen LogP contribution in [0.4, 0.5) is 17.1 Å². The van der Waals surface area contributed by atoms with Crippen molar-refractivity contribution >= 4 is 82.7 Å². The number of rotatable bonds is 5. The van der Waals surface area contributed by atoms with Gasteiger partial charge in [-0.3, -0.25) is 0 Å². The van der Waals surface area contributed by atoms with E-state index in [-0.39, 0.29) is 0 Å². The van der Waals surface area contributed by atoms with E-state index in [0.29, 0.717) is 0 Å². The number of anilines is 3. The third-order valence-corrected chi connectivity index (χ3v) is 10.7. The molecule has 0 N–H and O–H groups in total. The Labute approximate surface area is 305 Å². The maximum atomic E-state index is 6.63. The maximum Gasteiger partial charge on any atom is 0.159 e. The molecule has 3 aromatic heterocycles. The standard InChI is InChI=1S/C49H32N2O2/c1-31-20-25-34(26-21-31)50-41-14-5-2-10-36(41)40-30-33(24-29-42(40)50)32-22-27-35(28-23-32)51(43-15-9-19-47-48(43)39-12-4-7-18-46(39)52-47)44-16-8-13-38-37-11-3-6-17-45(37)53-49(38)44/h2-30H,1H3. The Hall–Kier alpha value is -7.04. The molecule has 0 bridgehead atoms. The second-order valence-corrected chi connectivity index (χ2v) is 13.8. The molecule has 0 atom stereocenters. The van der Waals surface area contributed by atoms with Gasteiger partial charge in [-0.15, -0.1) is 0 Å². The predicted molar refractivity (Wildman–Crippen MR) is 220 cm³/mol. The molecule has 0 fully saturated rings. The lowest BCUT2D eigenvalue weighted by molar-refractivity contribution is 0.668. The second kappa shape index (κ2) is 11.5. The molecule has 0 spiro atoms. The SMILES string of the molecule is Cc1ccc(-n2c3ccccc3c3cc(-c4ccc(N(c5cccc6c5oc5ccccc56)c5cccc6oc7ccccc7c56)cc4)ccc32)cc1. The van der Waals surface area contributed by atoms with Crippen molar-refractivity contribution < 1.29 is 8.83 Å². The zero-order chi connectivity index (χ0) is 35.0. The first-order valence-corrected chi connectivity index (χ1v) is 18.0. The number of nitrogens with zero attached hydrogens (tertiary/aromatic N) is 2. The van der Waals surface area contributed by atoms with Crippen LogP contribution in [0.25, 0.3) is 82.5 Å². The topological polar surface area (TPSA) is 34.5 Å². The molecule has 11 rings (SSSR count). The highest BCUT2D eigenvalue weighted by molar-refractivity contribution is 6.16. The summed E-state index contributed by atoms with van der Waals surface area (Å²) in [6.45, 7) is 2.13.